The van der Waals surface area contributed by atoms with Gasteiger partial charge < -0.3 is 9.47 Å². The van der Waals surface area contributed by atoms with Crippen LogP contribution in [0.15, 0.2) is 42.5 Å². The maximum atomic E-state index is 13.8. The van der Waals surface area contributed by atoms with Gasteiger partial charge in [-0.15, -0.1) is 11.3 Å². The van der Waals surface area contributed by atoms with Crippen molar-refractivity contribution in [3.63, 3.8) is 0 Å². The average molecular weight is 449 g/mol. The lowest BCUT2D eigenvalue weighted by atomic mass is 9.90. The molecule has 1 aliphatic heterocycles. The topological polar surface area (TPSA) is 18.5 Å². The van der Waals surface area contributed by atoms with Gasteiger partial charge in [-0.3, -0.25) is 0 Å². The van der Waals surface area contributed by atoms with Crippen molar-refractivity contribution in [2.75, 3.05) is 13.2 Å². The molecule has 0 N–H and O–H groups in total. The van der Waals surface area contributed by atoms with Gasteiger partial charge in [-0.1, -0.05) is 37.6 Å². The van der Waals surface area contributed by atoms with Crippen LogP contribution in [0.2, 0.25) is 0 Å². The molecule has 2 heterocycles. The van der Waals surface area contributed by atoms with Crippen molar-refractivity contribution in [3.8, 4) is 16.2 Å². The monoisotopic (exact) mass is 448 g/mol. The molecule has 2 unspecified atom stereocenters. The molecule has 1 aliphatic rings. The zero-order valence-electron chi connectivity index (χ0n) is 17.8. The highest BCUT2D eigenvalue weighted by atomic mass is 32.1. The number of hydrogen-bond acceptors (Lipinski definition) is 3. The van der Waals surface area contributed by atoms with Gasteiger partial charge in [-0.2, -0.15) is 13.2 Å². The highest BCUT2D eigenvalue weighted by Gasteiger charge is 2.37. The summed E-state index contributed by atoms with van der Waals surface area (Å²) in [6.07, 6.45) is 0.362. The van der Waals surface area contributed by atoms with Gasteiger partial charge in [-0.05, 0) is 60.9 Å². The van der Waals surface area contributed by atoms with Gasteiger partial charge >= 0.3 is 6.18 Å². The first kappa shape index (κ1) is 22.2. The minimum absolute atomic E-state index is 0.107. The first-order chi connectivity index (χ1) is 14.9. The van der Waals surface area contributed by atoms with Crippen molar-refractivity contribution in [3.05, 3.63) is 53.6 Å². The molecule has 0 spiro atoms. The van der Waals surface area contributed by atoms with Gasteiger partial charge in [0.05, 0.1) is 24.0 Å². The third-order valence-electron chi connectivity index (χ3n) is 5.88. The Bertz CT molecular complexity index is 1020. The molecule has 0 saturated carbocycles. The van der Waals surface area contributed by atoms with Crippen LogP contribution in [0, 0.1) is 0 Å². The van der Waals surface area contributed by atoms with E-state index in [2.05, 4.69) is 19.1 Å². The van der Waals surface area contributed by atoms with Crippen LogP contribution in [0.25, 0.3) is 20.5 Å². The zero-order chi connectivity index (χ0) is 22.0. The molecule has 1 saturated heterocycles. The van der Waals surface area contributed by atoms with E-state index in [1.165, 1.54) is 23.0 Å². The summed E-state index contributed by atoms with van der Waals surface area (Å²) in [7, 11) is 0. The second kappa shape index (κ2) is 9.21. The maximum Gasteiger partial charge on any atom is 0.421 e. The SMILES string of the molecule is CCCC1CCC(c2ccc(-c3cc4ccc(OCC)c(C(F)(F)F)c4s3)cc2)CO1. The number of ether oxygens (including phenoxy) is 2. The van der Waals surface area contributed by atoms with Crippen molar-refractivity contribution in [1.29, 1.82) is 0 Å². The Hall–Kier alpha value is -2.05. The number of halogens is 3. The third kappa shape index (κ3) is 4.75. The van der Waals surface area contributed by atoms with E-state index in [-0.39, 0.29) is 17.1 Å². The van der Waals surface area contributed by atoms with E-state index in [9.17, 15) is 13.2 Å². The van der Waals surface area contributed by atoms with Gasteiger partial charge in [0.15, 0.2) is 0 Å². The van der Waals surface area contributed by atoms with Crippen LogP contribution in [0.5, 0.6) is 5.75 Å². The Morgan fingerprint density at radius 2 is 1.84 bits per heavy atom. The van der Waals surface area contributed by atoms with Crippen LogP contribution in [0.1, 0.15) is 56.6 Å². The lowest BCUT2D eigenvalue weighted by Gasteiger charge is -2.29. The fourth-order valence-corrected chi connectivity index (χ4v) is 5.53. The standard InChI is InChI=1S/C25H27F3O2S/c1-3-5-20-12-10-19(15-30-20)16-6-8-17(9-7-16)22-14-18-11-13-21(29-4-2)23(24(18)31-22)25(26,27)28/h6-9,11,13-14,19-20H,3-5,10,12,15H2,1-2H3. The predicted molar refractivity (Wildman–Crippen MR) is 120 cm³/mol. The van der Waals surface area contributed by atoms with Gasteiger partial charge in [0.2, 0.25) is 0 Å². The molecular formula is C25H27F3O2S. The van der Waals surface area contributed by atoms with Crippen molar-refractivity contribution in [2.24, 2.45) is 0 Å². The summed E-state index contributed by atoms with van der Waals surface area (Å²) in [6, 6.07) is 13.1. The molecule has 2 atom stereocenters. The molecule has 0 radical (unpaired) electrons. The Labute approximate surface area is 185 Å². The Morgan fingerprint density at radius 1 is 1.06 bits per heavy atom. The molecule has 4 rings (SSSR count). The van der Waals surface area contributed by atoms with Gasteiger partial charge in [0.25, 0.3) is 0 Å². The van der Waals surface area contributed by atoms with E-state index >= 15 is 0 Å². The van der Waals surface area contributed by atoms with Crippen molar-refractivity contribution >= 4 is 21.4 Å². The first-order valence-corrected chi connectivity index (χ1v) is 11.7. The van der Waals surface area contributed by atoms with Crippen LogP contribution in [0.3, 0.4) is 0 Å². The lowest BCUT2D eigenvalue weighted by molar-refractivity contribution is -0.137. The van der Waals surface area contributed by atoms with Crippen LogP contribution >= 0.6 is 11.3 Å². The Morgan fingerprint density at radius 3 is 2.45 bits per heavy atom. The third-order valence-corrected chi connectivity index (χ3v) is 7.10. The Balaban J connectivity index is 1.59. The summed E-state index contributed by atoms with van der Waals surface area (Å²) in [6.45, 7) is 4.80. The number of benzene rings is 2. The predicted octanol–water partition coefficient (Wildman–Crippen LogP) is 8.05. The van der Waals surface area contributed by atoms with Gasteiger partial charge in [-0.25, -0.2) is 0 Å². The summed E-state index contributed by atoms with van der Waals surface area (Å²) in [5.41, 5.74) is 1.48. The van der Waals surface area contributed by atoms with Crippen LogP contribution in [-0.4, -0.2) is 19.3 Å². The molecule has 166 valence electrons. The normalized spacial score (nSPS) is 19.6. The summed E-state index contributed by atoms with van der Waals surface area (Å²) in [5, 5.41) is 0.586. The lowest BCUT2D eigenvalue weighted by Crippen LogP contribution is -2.24. The van der Waals surface area contributed by atoms with E-state index in [0.29, 0.717) is 17.4 Å². The van der Waals surface area contributed by atoms with Crippen molar-refractivity contribution in [2.45, 2.75) is 57.7 Å². The largest absolute Gasteiger partial charge is 0.493 e. The van der Waals surface area contributed by atoms with E-state index in [1.54, 1.807) is 13.0 Å². The second-order valence-corrected chi connectivity index (χ2v) is 9.09. The number of thiophene rings is 1. The highest BCUT2D eigenvalue weighted by Crippen LogP contribution is 2.46. The zero-order valence-corrected chi connectivity index (χ0v) is 18.6. The van der Waals surface area contributed by atoms with Gasteiger partial charge in [0, 0.05) is 10.8 Å². The molecule has 1 aromatic heterocycles. The molecule has 6 heteroatoms. The Kier molecular flexibility index (Phi) is 6.58. The fraction of sp³-hybridized carbons (Fsp3) is 0.440. The summed E-state index contributed by atoms with van der Waals surface area (Å²) < 4.78 is 52.8. The van der Waals surface area contributed by atoms with Crippen LogP contribution < -0.4 is 4.74 Å². The molecule has 0 amide bonds. The number of hydrogen-bond donors (Lipinski definition) is 0. The van der Waals surface area contributed by atoms with E-state index in [0.717, 1.165) is 42.7 Å². The summed E-state index contributed by atoms with van der Waals surface area (Å²) in [5.74, 6) is 0.278. The highest BCUT2D eigenvalue weighted by molar-refractivity contribution is 7.22. The van der Waals surface area contributed by atoms with Gasteiger partial charge in [0.1, 0.15) is 11.3 Å². The van der Waals surface area contributed by atoms with Crippen molar-refractivity contribution in [1.82, 2.24) is 0 Å². The first-order valence-electron chi connectivity index (χ1n) is 10.9. The molecule has 3 aromatic rings. The molecule has 2 aromatic carbocycles. The smallest absolute Gasteiger partial charge is 0.421 e. The van der Waals surface area contributed by atoms with Crippen LogP contribution in [-0.2, 0) is 10.9 Å². The minimum atomic E-state index is -4.47. The fourth-order valence-electron chi connectivity index (χ4n) is 4.31. The summed E-state index contributed by atoms with van der Waals surface area (Å²) >= 11 is 1.17. The van der Waals surface area contributed by atoms with E-state index in [1.807, 2.05) is 18.2 Å². The molecule has 0 bridgehead atoms. The van der Waals surface area contributed by atoms with Crippen molar-refractivity contribution < 1.29 is 22.6 Å². The van der Waals surface area contributed by atoms with E-state index < -0.39 is 11.7 Å². The molecule has 2 nitrogen and oxygen atoms in total. The quantitative estimate of drug-likeness (QED) is 0.380. The molecular weight excluding hydrogens is 421 g/mol. The number of rotatable bonds is 6. The average Bonchev–Trinajstić information content (AvgIpc) is 3.18. The maximum absolute atomic E-state index is 13.8. The summed E-state index contributed by atoms with van der Waals surface area (Å²) in [4.78, 5) is 0.823. The minimum Gasteiger partial charge on any atom is -0.493 e. The molecule has 0 aliphatic carbocycles. The second-order valence-electron chi connectivity index (χ2n) is 8.04. The molecule has 31 heavy (non-hydrogen) atoms. The number of fused-ring (bicyclic) bond motifs is 1. The van der Waals surface area contributed by atoms with E-state index in [4.69, 9.17) is 9.47 Å². The van der Waals surface area contributed by atoms with Crippen LogP contribution in [0.4, 0.5) is 13.2 Å². The number of alkyl halides is 3. The molecule has 1 fully saturated rings.